The van der Waals surface area contributed by atoms with Crippen LogP contribution >= 0.6 is 11.6 Å². The maximum absolute atomic E-state index is 11.4. The predicted molar refractivity (Wildman–Crippen MR) is 62.9 cm³/mol. The molecule has 1 aliphatic carbocycles. The molecule has 0 spiro atoms. The number of nitrogens with one attached hydrogen (secondary N) is 1. The molecule has 1 aliphatic rings. The zero-order chi connectivity index (χ0) is 11.5. The lowest BCUT2D eigenvalue weighted by Gasteiger charge is -2.14. The third-order valence-electron chi connectivity index (χ3n) is 2.83. The molecule has 0 saturated heterocycles. The smallest absolute Gasteiger partial charge is 0.224 e. The third kappa shape index (κ3) is 2.50. The first kappa shape index (κ1) is 11.3. The molecular formula is C11H14ClN3O. The number of Topliss-reactive ketones (excluding diaryl/α,β-unsaturated/α-hetero) is 1. The number of hydrogen-bond donors (Lipinski definition) is 1. The van der Waals surface area contributed by atoms with E-state index in [9.17, 15) is 4.79 Å². The van der Waals surface area contributed by atoms with Crippen molar-refractivity contribution in [1.82, 2.24) is 9.97 Å². The van der Waals surface area contributed by atoms with Crippen LogP contribution < -0.4 is 5.32 Å². The number of hydrogen-bond acceptors (Lipinski definition) is 4. The van der Waals surface area contributed by atoms with Crippen molar-refractivity contribution in [2.45, 2.75) is 38.6 Å². The van der Waals surface area contributed by atoms with Crippen molar-refractivity contribution in [2.75, 3.05) is 5.32 Å². The highest BCUT2D eigenvalue weighted by Crippen LogP contribution is 2.23. The zero-order valence-corrected chi connectivity index (χ0v) is 9.92. The number of ketones is 1. The summed E-state index contributed by atoms with van der Waals surface area (Å²) >= 11 is 5.73. The molecule has 16 heavy (non-hydrogen) atoms. The summed E-state index contributed by atoms with van der Waals surface area (Å²) in [5, 5.41) is 3.45. The molecule has 86 valence electrons. The highest BCUT2D eigenvalue weighted by Gasteiger charge is 2.18. The summed E-state index contributed by atoms with van der Waals surface area (Å²) in [6.07, 6.45) is 6.19. The van der Waals surface area contributed by atoms with Crippen molar-refractivity contribution in [3.63, 3.8) is 0 Å². The molecule has 0 bridgehead atoms. The minimum Gasteiger partial charge on any atom is -0.367 e. The molecule has 0 amide bonds. The standard InChI is InChI=1S/C11H14ClN3O/c1-7(16)9-6-13-11(12)15-10(9)14-8-4-2-3-5-8/h6,8H,2-5H2,1H3,(H,13,14,15). The Bertz CT molecular complexity index is 402. The van der Waals surface area contributed by atoms with Crippen molar-refractivity contribution in [3.05, 3.63) is 17.0 Å². The number of halogens is 1. The summed E-state index contributed by atoms with van der Waals surface area (Å²) in [7, 11) is 0. The van der Waals surface area contributed by atoms with Gasteiger partial charge in [-0.05, 0) is 31.4 Å². The van der Waals surface area contributed by atoms with Crippen LogP contribution in [0.25, 0.3) is 0 Å². The fraction of sp³-hybridized carbons (Fsp3) is 0.545. The van der Waals surface area contributed by atoms with Crippen molar-refractivity contribution in [3.8, 4) is 0 Å². The molecule has 1 aromatic heterocycles. The Morgan fingerprint density at radius 2 is 2.19 bits per heavy atom. The van der Waals surface area contributed by atoms with E-state index in [0.717, 1.165) is 12.8 Å². The van der Waals surface area contributed by atoms with Crippen molar-refractivity contribution in [1.29, 1.82) is 0 Å². The summed E-state index contributed by atoms with van der Waals surface area (Å²) in [6.45, 7) is 1.51. The van der Waals surface area contributed by atoms with Gasteiger partial charge in [-0.1, -0.05) is 12.8 Å². The minimum atomic E-state index is -0.0443. The molecule has 5 heteroatoms. The van der Waals surface area contributed by atoms with Gasteiger partial charge < -0.3 is 5.32 Å². The third-order valence-corrected chi connectivity index (χ3v) is 3.02. The molecule has 1 saturated carbocycles. The molecule has 4 nitrogen and oxygen atoms in total. The van der Waals surface area contributed by atoms with Crippen molar-refractivity contribution >= 4 is 23.2 Å². The molecule has 0 aliphatic heterocycles. The molecule has 0 unspecified atom stereocenters. The van der Waals surface area contributed by atoms with E-state index in [2.05, 4.69) is 15.3 Å². The van der Waals surface area contributed by atoms with Gasteiger partial charge in [0, 0.05) is 12.2 Å². The van der Waals surface area contributed by atoms with E-state index in [1.54, 1.807) is 0 Å². The zero-order valence-electron chi connectivity index (χ0n) is 9.16. The largest absolute Gasteiger partial charge is 0.367 e. The van der Waals surface area contributed by atoms with Gasteiger partial charge in [-0.15, -0.1) is 0 Å². The Kier molecular flexibility index (Phi) is 3.39. The van der Waals surface area contributed by atoms with E-state index < -0.39 is 0 Å². The molecule has 1 heterocycles. The number of carbonyl (C=O) groups excluding carboxylic acids is 1. The molecule has 0 atom stereocenters. The van der Waals surface area contributed by atoms with Gasteiger partial charge in [0.25, 0.3) is 0 Å². The lowest BCUT2D eigenvalue weighted by atomic mass is 10.2. The van der Waals surface area contributed by atoms with E-state index in [-0.39, 0.29) is 11.1 Å². The first-order valence-electron chi connectivity index (χ1n) is 5.47. The molecule has 0 aromatic carbocycles. The van der Waals surface area contributed by atoms with E-state index in [1.807, 2.05) is 0 Å². The van der Waals surface area contributed by atoms with Crippen LogP contribution in [-0.4, -0.2) is 21.8 Å². The van der Waals surface area contributed by atoms with Gasteiger partial charge >= 0.3 is 0 Å². The minimum absolute atomic E-state index is 0.0443. The van der Waals surface area contributed by atoms with Gasteiger partial charge in [0.05, 0.1) is 5.56 Å². The summed E-state index contributed by atoms with van der Waals surface area (Å²) in [5.41, 5.74) is 0.510. The summed E-state index contributed by atoms with van der Waals surface area (Å²) in [6, 6.07) is 0.407. The molecule has 1 aromatic rings. The van der Waals surface area contributed by atoms with E-state index in [0.29, 0.717) is 17.4 Å². The number of carbonyl (C=O) groups is 1. The highest BCUT2D eigenvalue weighted by molar-refractivity contribution is 6.28. The van der Waals surface area contributed by atoms with Crippen LogP contribution in [0.4, 0.5) is 5.82 Å². The topological polar surface area (TPSA) is 54.9 Å². The predicted octanol–water partition coefficient (Wildman–Crippen LogP) is 2.69. The first-order chi connectivity index (χ1) is 7.66. The maximum Gasteiger partial charge on any atom is 0.224 e. The lowest BCUT2D eigenvalue weighted by molar-refractivity contribution is 0.101. The Morgan fingerprint density at radius 1 is 1.50 bits per heavy atom. The fourth-order valence-electron chi connectivity index (χ4n) is 1.99. The molecule has 0 radical (unpaired) electrons. The SMILES string of the molecule is CC(=O)c1cnc(Cl)nc1NC1CCCC1. The number of rotatable bonds is 3. The molecule has 1 N–H and O–H groups in total. The normalized spacial score (nSPS) is 16.4. The molecular weight excluding hydrogens is 226 g/mol. The number of anilines is 1. The maximum atomic E-state index is 11.4. The van der Waals surface area contributed by atoms with Crippen LogP contribution in [0, 0.1) is 0 Å². The van der Waals surface area contributed by atoms with Crippen LogP contribution in [0.2, 0.25) is 5.28 Å². The second-order valence-corrected chi connectivity index (χ2v) is 4.42. The Hall–Kier alpha value is -1.16. The Balaban J connectivity index is 2.22. The number of nitrogens with zero attached hydrogens (tertiary/aromatic N) is 2. The van der Waals surface area contributed by atoms with Crippen LogP contribution in [-0.2, 0) is 0 Å². The summed E-state index contributed by atoms with van der Waals surface area (Å²) in [4.78, 5) is 19.3. The van der Waals surface area contributed by atoms with E-state index >= 15 is 0 Å². The molecule has 1 fully saturated rings. The average Bonchev–Trinajstić information content (AvgIpc) is 2.70. The number of aromatic nitrogens is 2. The monoisotopic (exact) mass is 239 g/mol. The second-order valence-electron chi connectivity index (χ2n) is 4.08. The van der Waals surface area contributed by atoms with Crippen LogP contribution in [0.5, 0.6) is 0 Å². The van der Waals surface area contributed by atoms with Crippen LogP contribution in [0.1, 0.15) is 43.0 Å². The van der Waals surface area contributed by atoms with Crippen molar-refractivity contribution in [2.24, 2.45) is 0 Å². The lowest BCUT2D eigenvalue weighted by Crippen LogP contribution is -2.18. The average molecular weight is 240 g/mol. The van der Waals surface area contributed by atoms with Gasteiger partial charge in [-0.3, -0.25) is 4.79 Å². The van der Waals surface area contributed by atoms with Gasteiger partial charge in [-0.25, -0.2) is 9.97 Å². The van der Waals surface area contributed by atoms with Crippen LogP contribution in [0.3, 0.4) is 0 Å². The Morgan fingerprint density at radius 3 is 2.81 bits per heavy atom. The van der Waals surface area contributed by atoms with E-state index in [4.69, 9.17) is 11.6 Å². The van der Waals surface area contributed by atoms with Gasteiger partial charge in [0.1, 0.15) is 5.82 Å². The summed E-state index contributed by atoms with van der Waals surface area (Å²) < 4.78 is 0. The molecule has 2 rings (SSSR count). The van der Waals surface area contributed by atoms with Gasteiger partial charge in [0.15, 0.2) is 5.78 Å². The van der Waals surface area contributed by atoms with Crippen molar-refractivity contribution < 1.29 is 4.79 Å². The first-order valence-corrected chi connectivity index (χ1v) is 5.84. The summed E-state index contributed by atoms with van der Waals surface area (Å²) in [5.74, 6) is 0.525. The van der Waals surface area contributed by atoms with Crippen LogP contribution in [0.15, 0.2) is 6.20 Å². The van der Waals surface area contributed by atoms with Gasteiger partial charge in [0.2, 0.25) is 5.28 Å². The van der Waals surface area contributed by atoms with Gasteiger partial charge in [-0.2, -0.15) is 0 Å². The Labute approximate surface area is 99.4 Å². The fourth-order valence-corrected chi connectivity index (χ4v) is 2.12. The quantitative estimate of drug-likeness (QED) is 0.651. The highest BCUT2D eigenvalue weighted by atomic mass is 35.5. The van der Waals surface area contributed by atoms with E-state index in [1.165, 1.54) is 26.0 Å². The second kappa shape index (κ2) is 4.78.